The number of benzene rings is 1. The molecule has 2 unspecified atom stereocenters. The second kappa shape index (κ2) is 9.16. The Bertz CT molecular complexity index is 387. The van der Waals surface area contributed by atoms with Crippen LogP contribution in [0, 0.1) is 11.7 Å². The Kier molecular flexibility index (Phi) is 7.17. The second-order valence-corrected chi connectivity index (χ2v) is 6.11. The van der Waals surface area contributed by atoms with Gasteiger partial charge in [0.15, 0.2) is 0 Å². The first-order chi connectivity index (χ1) is 10.3. The van der Waals surface area contributed by atoms with Crippen molar-refractivity contribution < 1.29 is 9.13 Å². The van der Waals surface area contributed by atoms with Crippen LogP contribution in [-0.4, -0.2) is 25.8 Å². The summed E-state index contributed by atoms with van der Waals surface area (Å²) in [5, 5.41) is 3.53. The number of nitrogens with one attached hydrogen (secondary N) is 1. The van der Waals surface area contributed by atoms with Gasteiger partial charge in [-0.1, -0.05) is 19.1 Å². The average Bonchev–Trinajstić information content (AvgIpc) is 3.00. The summed E-state index contributed by atoms with van der Waals surface area (Å²) in [5.74, 6) is 0.449. The molecule has 2 atom stereocenters. The van der Waals surface area contributed by atoms with E-state index < -0.39 is 0 Å². The van der Waals surface area contributed by atoms with Gasteiger partial charge in [-0.3, -0.25) is 0 Å². The van der Waals surface area contributed by atoms with Gasteiger partial charge < -0.3 is 10.1 Å². The van der Waals surface area contributed by atoms with Crippen LogP contribution in [0.25, 0.3) is 0 Å². The van der Waals surface area contributed by atoms with Gasteiger partial charge in [-0.25, -0.2) is 4.39 Å². The van der Waals surface area contributed by atoms with E-state index in [9.17, 15) is 4.39 Å². The molecule has 1 aliphatic rings. The first-order valence-electron chi connectivity index (χ1n) is 8.34. The van der Waals surface area contributed by atoms with E-state index in [2.05, 4.69) is 12.2 Å². The molecule has 1 heterocycles. The average molecular weight is 293 g/mol. The van der Waals surface area contributed by atoms with Gasteiger partial charge in [0, 0.05) is 6.61 Å². The molecule has 0 spiro atoms. The minimum atomic E-state index is -0.154. The Morgan fingerprint density at radius 1 is 1.33 bits per heavy atom. The van der Waals surface area contributed by atoms with Crippen LogP contribution in [0.2, 0.25) is 0 Å². The molecule has 21 heavy (non-hydrogen) atoms. The van der Waals surface area contributed by atoms with Gasteiger partial charge in [0.2, 0.25) is 0 Å². The van der Waals surface area contributed by atoms with Gasteiger partial charge in [-0.2, -0.15) is 0 Å². The summed E-state index contributed by atoms with van der Waals surface area (Å²) < 4.78 is 18.7. The van der Waals surface area contributed by atoms with E-state index in [4.69, 9.17) is 4.74 Å². The lowest BCUT2D eigenvalue weighted by atomic mass is 9.93. The Labute approximate surface area is 128 Å². The predicted molar refractivity (Wildman–Crippen MR) is 85.0 cm³/mol. The topological polar surface area (TPSA) is 21.3 Å². The standard InChI is InChI=1S/C18H28FNO/c1-2-11-20-14-16(7-10-18-4-3-12-21-18)13-15-5-8-17(19)9-6-15/h5-6,8-9,16,18,20H,2-4,7,10-14H2,1H3. The van der Waals surface area contributed by atoms with Crippen molar-refractivity contribution in [1.82, 2.24) is 5.32 Å². The molecule has 0 amide bonds. The molecule has 1 aliphatic heterocycles. The molecule has 1 aromatic carbocycles. The number of rotatable bonds is 9. The molecule has 3 heteroatoms. The Morgan fingerprint density at radius 2 is 2.14 bits per heavy atom. The lowest BCUT2D eigenvalue weighted by Crippen LogP contribution is -2.26. The molecule has 0 saturated carbocycles. The van der Waals surface area contributed by atoms with Crippen molar-refractivity contribution in [2.75, 3.05) is 19.7 Å². The van der Waals surface area contributed by atoms with Gasteiger partial charge in [-0.05, 0) is 75.2 Å². The summed E-state index contributed by atoms with van der Waals surface area (Å²) in [6, 6.07) is 6.94. The summed E-state index contributed by atoms with van der Waals surface area (Å²) in [6.07, 6.45) is 7.40. The smallest absolute Gasteiger partial charge is 0.123 e. The van der Waals surface area contributed by atoms with Crippen LogP contribution in [-0.2, 0) is 11.2 Å². The van der Waals surface area contributed by atoms with Crippen molar-refractivity contribution in [2.24, 2.45) is 5.92 Å². The molecule has 0 aromatic heterocycles. The van der Waals surface area contributed by atoms with Crippen molar-refractivity contribution in [3.05, 3.63) is 35.6 Å². The molecule has 1 saturated heterocycles. The fraction of sp³-hybridized carbons (Fsp3) is 0.667. The highest BCUT2D eigenvalue weighted by atomic mass is 19.1. The fourth-order valence-corrected chi connectivity index (χ4v) is 3.01. The number of hydrogen-bond donors (Lipinski definition) is 1. The Hall–Kier alpha value is -0.930. The summed E-state index contributed by atoms with van der Waals surface area (Å²) in [7, 11) is 0. The van der Waals surface area contributed by atoms with Gasteiger partial charge in [0.05, 0.1) is 6.10 Å². The Balaban J connectivity index is 1.82. The maximum atomic E-state index is 13.0. The van der Waals surface area contributed by atoms with Gasteiger partial charge in [0.25, 0.3) is 0 Å². The third-order valence-corrected chi connectivity index (χ3v) is 4.22. The summed E-state index contributed by atoms with van der Waals surface area (Å²) in [4.78, 5) is 0. The highest BCUT2D eigenvalue weighted by Gasteiger charge is 2.18. The summed E-state index contributed by atoms with van der Waals surface area (Å²) in [6.45, 7) is 5.23. The van der Waals surface area contributed by atoms with E-state index in [0.29, 0.717) is 12.0 Å². The van der Waals surface area contributed by atoms with Crippen LogP contribution in [0.5, 0.6) is 0 Å². The zero-order valence-electron chi connectivity index (χ0n) is 13.1. The third-order valence-electron chi connectivity index (χ3n) is 4.22. The van der Waals surface area contributed by atoms with E-state index in [0.717, 1.165) is 39.0 Å². The maximum Gasteiger partial charge on any atom is 0.123 e. The van der Waals surface area contributed by atoms with E-state index in [1.165, 1.54) is 24.8 Å². The third kappa shape index (κ3) is 6.15. The lowest BCUT2D eigenvalue weighted by Gasteiger charge is -2.19. The van der Waals surface area contributed by atoms with Crippen LogP contribution in [0.4, 0.5) is 4.39 Å². The first-order valence-corrected chi connectivity index (χ1v) is 8.34. The Morgan fingerprint density at radius 3 is 2.81 bits per heavy atom. The molecule has 1 fully saturated rings. The minimum Gasteiger partial charge on any atom is -0.378 e. The second-order valence-electron chi connectivity index (χ2n) is 6.11. The first kappa shape index (κ1) is 16.4. The number of ether oxygens (including phenoxy) is 1. The van der Waals surface area contributed by atoms with E-state index >= 15 is 0 Å². The SMILES string of the molecule is CCCNCC(CCC1CCCO1)Cc1ccc(F)cc1. The summed E-state index contributed by atoms with van der Waals surface area (Å²) >= 11 is 0. The normalized spacial score (nSPS) is 19.8. The number of halogens is 1. The molecular weight excluding hydrogens is 265 g/mol. The molecule has 2 nitrogen and oxygen atoms in total. The van der Waals surface area contributed by atoms with Gasteiger partial charge in [-0.15, -0.1) is 0 Å². The highest BCUT2D eigenvalue weighted by molar-refractivity contribution is 5.16. The largest absolute Gasteiger partial charge is 0.378 e. The van der Waals surface area contributed by atoms with Crippen molar-refractivity contribution in [3.63, 3.8) is 0 Å². The molecule has 1 aromatic rings. The molecule has 1 N–H and O–H groups in total. The monoisotopic (exact) mass is 293 g/mol. The quantitative estimate of drug-likeness (QED) is 0.696. The fourth-order valence-electron chi connectivity index (χ4n) is 3.01. The molecular formula is C18H28FNO. The highest BCUT2D eigenvalue weighted by Crippen LogP contribution is 2.21. The number of hydrogen-bond acceptors (Lipinski definition) is 2. The van der Waals surface area contributed by atoms with E-state index in [-0.39, 0.29) is 5.82 Å². The van der Waals surface area contributed by atoms with Crippen LogP contribution >= 0.6 is 0 Å². The predicted octanol–water partition coefficient (Wildman–Crippen LogP) is 3.94. The molecule has 118 valence electrons. The molecule has 2 rings (SSSR count). The zero-order valence-corrected chi connectivity index (χ0v) is 13.1. The molecule has 0 radical (unpaired) electrons. The van der Waals surface area contributed by atoms with Crippen LogP contribution in [0.15, 0.2) is 24.3 Å². The summed E-state index contributed by atoms with van der Waals surface area (Å²) in [5.41, 5.74) is 1.23. The van der Waals surface area contributed by atoms with Gasteiger partial charge >= 0.3 is 0 Å². The lowest BCUT2D eigenvalue weighted by molar-refractivity contribution is 0.0979. The van der Waals surface area contributed by atoms with Crippen LogP contribution < -0.4 is 5.32 Å². The van der Waals surface area contributed by atoms with Crippen LogP contribution in [0.1, 0.15) is 44.6 Å². The van der Waals surface area contributed by atoms with Gasteiger partial charge in [0.1, 0.15) is 5.82 Å². The molecule has 0 bridgehead atoms. The van der Waals surface area contributed by atoms with Crippen molar-refractivity contribution in [2.45, 2.75) is 51.6 Å². The van der Waals surface area contributed by atoms with E-state index in [1.54, 1.807) is 12.1 Å². The van der Waals surface area contributed by atoms with Crippen molar-refractivity contribution in [3.8, 4) is 0 Å². The molecule has 0 aliphatic carbocycles. The maximum absolute atomic E-state index is 13.0. The van der Waals surface area contributed by atoms with Crippen molar-refractivity contribution in [1.29, 1.82) is 0 Å². The van der Waals surface area contributed by atoms with Crippen LogP contribution in [0.3, 0.4) is 0 Å². The zero-order chi connectivity index (χ0) is 14.9. The van der Waals surface area contributed by atoms with Crippen molar-refractivity contribution >= 4 is 0 Å². The minimum absolute atomic E-state index is 0.154. The van der Waals surface area contributed by atoms with E-state index in [1.807, 2.05) is 12.1 Å².